The van der Waals surface area contributed by atoms with Gasteiger partial charge in [-0.3, -0.25) is 0 Å². The number of hydrogen-bond acceptors (Lipinski definition) is 2. The molecular weight excluding hydrogens is 206 g/mol. The van der Waals surface area contributed by atoms with Crippen molar-refractivity contribution < 1.29 is 4.84 Å². The number of aromatic nitrogens is 1. The van der Waals surface area contributed by atoms with Crippen LogP contribution in [0.5, 0.6) is 0 Å². The van der Waals surface area contributed by atoms with Gasteiger partial charge < -0.3 is 4.84 Å². The summed E-state index contributed by atoms with van der Waals surface area (Å²) in [4.78, 5) is 5.67. The number of allylic oxidation sites excluding steroid dienone is 2. The van der Waals surface area contributed by atoms with Crippen molar-refractivity contribution in [1.82, 2.24) is 4.73 Å². The van der Waals surface area contributed by atoms with E-state index in [1.165, 1.54) is 0 Å². The zero-order chi connectivity index (χ0) is 11.1. The molecule has 0 spiro atoms. The largest absolute Gasteiger partial charge is 0.410 e. The van der Waals surface area contributed by atoms with Crippen LogP contribution in [0, 0.1) is 4.64 Å². The predicted molar refractivity (Wildman–Crippen MR) is 65.4 cm³/mol. The first-order valence-corrected chi connectivity index (χ1v) is 5.61. The van der Waals surface area contributed by atoms with E-state index in [1.54, 1.807) is 4.73 Å². The van der Waals surface area contributed by atoms with Crippen LogP contribution < -0.4 is 4.84 Å². The lowest BCUT2D eigenvalue weighted by Crippen LogP contribution is -2.22. The molecule has 1 unspecified atom stereocenters. The van der Waals surface area contributed by atoms with E-state index < -0.39 is 0 Å². The van der Waals surface area contributed by atoms with E-state index in [0.29, 0.717) is 4.64 Å². The fourth-order valence-electron chi connectivity index (χ4n) is 1.24. The molecule has 0 bridgehead atoms. The predicted octanol–water partition coefficient (Wildman–Crippen LogP) is 3.39. The molecule has 0 saturated carbocycles. The second-order valence-electron chi connectivity index (χ2n) is 3.43. The van der Waals surface area contributed by atoms with Crippen LogP contribution in [0.25, 0.3) is 0 Å². The molecule has 1 heterocycles. The molecule has 0 aliphatic rings. The van der Waals surface area contributed by atoms with Crippen LogP contribution in [0.2, 0.25) is 0 Å². The molecule has 1 rings (SSSR count). The van der Waals surface area contributed by atoms with Crippen molar-refractivity contribution in [3.05, 3.63) is 41.2 Å². The Morgan fingerprint density at radius 3 is 3.00 bits per heavy atom. The Morgan fingerprint density at radius 2 is 2.33 bits per heavy atom. The van der Waals surface area contributed by atoms with Gasteiger partial charge in [0, 0.05) is 6.20 Å². The number of nitrogens with zero attached hydrogens (tertiary/aromatic N) is 1. The molecule has 3 heteroatoms. The lowest BCUT2D eigenvalue weighted by molar-refractivity contribution is 0.0405. The van der Waals surface area contributed by atoms with Crippen LogP contribution in [-0.4, -0.2) is 10.8 Å². The Kier molecular flexibility index (Phi) is 5.12. The summed E-state index contributed by atoms with van der Waals surface area (Å²) in [6, 6.07) is 5.68. The van der Waals surface area contributed by atoms with E-state index in [1.807, 2.05) is 31.3 Å². The van der Waals surface area contributed by atoms with E-state index in [9.17, 15) is 0 Å². The van der Waals surface area contributed by atoms with Gasteiger partial charge in [0.05, 0.1) is 0 Å². The Hall–Kier alpha value is -1.09. The summed E-state index contributed by atoms with van der Waals surface area (Å²) >= 11 is 5.13. The molecule has 0 aliphatic carbocycles. The average molecular weight is 223 g/mol. The first-order chi connectivity index (χ1) is 7.24. The first-order valence-electron chi connectivity index (χ1n) is 5.20. The molecular formula is C12H17NOS. The molecule has 0 aliphatic heterocycles. The van der Waals surface area contributed by atoms with Crippen LogP contribution in [0.3, 0.4) is 0 Å². The lowest BCUT2D eigenvalue weighted by atomic mass is 10.2. The van der Waals surface area contributed by atoms with Crippen LogP contribution in [0.4, 0.5) is 0 Å². The molecule has 0 radical (unpaired) electrons. The minimum atomic E-state index is 0.176. The Bertz CT molecular complexity index is 370. The molecule has 0 aromatic carbocycles. The van der Waals surface area contributed by atoms with Crippen LogP contribution in [0.1, 0.15) is 26.7 Å². The summed E-state index contributed by atoms with van der Waals surface area (Å²) in [6.07, 6.45) is 8.26. The van der Waals surface area contributed by atoms with Gasteiger partial charge in [-0.25, -0.2) is 0 Å². The van der Waals surface area contributed by atoms with Gasteiger partial charge in [0.1, 0.15) is 10.7 Å². The van der Waals surface area contributed by atoms with Gasteiger partial charge in [-0.15, -0.1) is 0 Å². The van der Waals surface area contributed by atoms with Gasteiger partial charge in [0.2, 0.25) is 0 Å². The molecule has 15 heavy (non-hydrogen) atoms. The summed E-state index contributed by atoms with van der Waals surface area (Å²) in [5.74, 6) is 0. The van der Waals surface area contributed by atoms with Crippen molar-refractivity contribution >= 4 is 12.2 Å². The van der Waals surface area contributed by atoms with E-state index in [4.69, 9.17) is 17.1 Å². The monoisotopic (exact) mass is 223 g/mol. The number of pyridine rings is 1. The standard InChI is InChI=1S/C12H17NOS/c1-3-4-5-8-11(2)14-13-10-7-6-9-12(13)15/h3-4,6-7,9-11H,5,8H2,1-2H3/b4-3+. The van der Waals surface area contributed by atoms with Crippen LogP contribution in [0.15, 0.2) is 36.5 Å². The van der Waals surface area contributed by atoms with Gasteiger partial charge in [-0.1, -0.05) is 30.4 Å². The van der Waals surface area contributed by atoms with E-state index in [0.717, 1.165) is 12.8 Å². The van der Waals surface area contributed by atoms with Crippen molar-refractivity contribution in [3.63, 3.8) is 0 Å². The van der Waals surface area contributed by atoms with Crippen molar-refractivity contribution in [2.24, 2.45) is 0 Å². The molecule has 1 aromatic heterocycles. The topological polar surface area (TPSA) is 14.2 Å². The van der Waals surface area contributed by atoms with E-state index in [2.05, 4.69) is 19.1 Å². The van der Waals surface area contributed by atoms with Gasteiger partial charge in [0.15, 0.2) is 0 Å². The maximum absolute atomic E-state index is 5.67. The number of hydrogen-bond donors (Lipinski definition) is 0. The summed E-state index contributed by atoms with van der Waals surface area (Å²) in [6.45, 7) is 4.08. The highest BCUT2D eigenvalue weighted by molar-refractivity contribution is 7.71. The zero-order valence-electron chi connectivity index (χ0n) is 9.22. The third-order valence-electron chi connectivity index (χ3n) is 2.06. The van der Waals surface area contributed by atoms with Gasteiger partial charge in [-0.2, -0.15) is 4.73 Å². The molecule has 0 fully saturated rings. The normalized spacial score (nSPS) is 12.9. The highest BCUT2D eigenvalue weighted by Gasteiger charge is 2.01. The Labute approximate surface area is 96.2 Å². The molecule has 1 atom stereocenters. The van der Waals surface area contributed by atoms with Crippen molar-refractivity contribution in [3.8, 4) is 0 Å². The highest BCUT2D eigenvalue weighted by Crippen LogP contribution is 2.01. The zero-order valence-corrected chi connectivity index (χ0v) is 10.0. The van der Waals surface area contributed by atoms with Crippen LogP contribution >= 0.6 is 12.2 Å². The van der Waals surface area contributed by atoms with Crippen molar-refractivity contribution in [2.75, 3.05) is 0 Å². The fourth-order valence-corrected chi connectivity index (χ4v) is 1.43. The first kappa shape index (κ1) is 12.0. The number of rotatable bonds is 5. The van der Waals surface area contributed by atoms with Crippen LogP contribution in [-0.2, 0) is 0 Å². The molecule has 0 saturated heterocycles. The molecule has 82 valence electrons. The summed E-state index contributed by atoms with van der Waals surface area (Å²) < 4.78 is 2.35. The fraction of sp³-hybridized carbons (Fsp3) is 0.417. The minimum Gasteiger partial charge on any atom is -0.410 e. The summed E-state index contributed by atoms with van der Waals surface area (Å²) in [5.41, 5.74) is 0. The van der Waals surface area contributed by atoms with Crippen molar-refractivity contribution in [2.45, 2.75) is 32.8 Å². The highest BCUT2D eigenvalue weighted by atomic mass is 32.1. The second kappa shape index (κ2) is 6.40. The van der Waals surface area contributed by atoms with Gasteiger partial charge >= 0.3 is 0 Å². The maximum Gasteiger partial charge on any atom is 0.142 e. The molecule has 0 N–H and O–H groups in total. The Morgan fingerprint density at radius 1 is 1.53 bits per heavy atom. The molecule has 1 aromatic rings. The smallest absolute Gasteiger partial charge is 0.142 e. The van der Waals surface area contributed by atoms with Gasteiger partial charge in [-0.05, 0) is 38.8 Å². The van der Waals surface area contributed by atoms with E-state index >= 15 is 0 Å². The molecule has 2 nitrogen and oxygen atoms in total. The van der Waals surface area contributed by atoms with E-state index in [-0.39, 0.29) is 6.10 Å². The molecule has 0 amide bonds. The third kappa shape index (κ3) is 4.30. The summed E-state index contributed by atoms with van der Waals surface area (Å²) in [7, 11) is 0. The SMILES string of the molecule is C/C=C/CCC(C)On1ccccc1=S. The Balaban J connectivity index is 2.48. The average Bonchev–Trinajstić information content (AvgIpc) is 2.22. The van der Waals surface area contributed by atoms with Crippen molar-refractivity contribution in [1.29, 1.82) is 0 Å². The van der Waals surface area contributed by atoms with Gasteiger partial charge in [0.25, 0.3) is 0 Å². The maximum atomic E-state index is 5.67. The lowest BCUT2D eigenvalue weighted by Gasteiger charge is -2.15. The quantitative estimate of drug-likeness (QED) is 0.561. The second-order valence-corrected chi connectivity index (χ2v) is 3.85. The summed E-state index contributed by atoms with van der Waals surface area (Å²) in [5, 5.41) is 0. The third-order valence-corrected chi connectivity index (χ3v) is 2.37. The minimum absolute atomic E-state index is 0.176.